The molecule has 7 nitrogen and oxygen atoms in total. The highest BCUT2D eigenvalue weighted by Crippen LogP contribution is 2.32. The predicted octanol–water partition coefficient (Wildman–Crippen LogP) is 6.62. The first kappa shape index (κ1) is 29.7. The SMILES string of the molecule is CCc1ccc(C(C(=O)Nc2ccc3ccccc3c2)N(C(=O)C(C)NC(=O)OC(C)(C)C)C(C)(C)C)cc1. The number of anilines is 1. The Hall–Kier alpha value is -3.87. The number of fused-ring (bicyclic) bond motifs is 1. The van der Waals surface area contributed by atoms with Crippen molar-refractivity contribution in [1.82, 2.24) is 10.2 Å². The van der Waals surface area contributed by atoms with E-state index in [1.54, 1.807) is 32.6 Å². The van der Waals surface area contributed by atoms with Crippen LogP contribution in [0.2, 0.25) is 0 Å². The second-order valence-electron chi connectivity index (χ2n) is 11.8. The second kappa shape index (κ2) is 11.9. The molecule has 0 aliphatic carbocycles. The summed E-state index contributed by atoms with van der Waals surface area (Å²) in [5.74, 6) is -0.742. The van der Waals surface area contributed by atoms with Gasteiger partial charge in [-0.15, -0.1) is 0 Å². The topological polar surface area (TPSA) is 87.7 Å². The fourth-order valence-corrected chi connectivity index (χ4v) is 4.43. The molecule has 0 aromatic heterocycles. The van der Waals surface area contributed by atoms with E-state index in [4.69, 9.17) is 4.74 Å². The molecule has 0 spiro atoms. The van der Waals surface area contributed by atoms with Crippen molar-refractivity contribution in [1.29, 1.82) is 0 Å². The van der Waals surface area contributed by atoms with Gasteiger partial charge in [-0.3, -0.25) is 9.59 Å². The van der Waals surface area contributed by atoms with Crippen LogP contribution in [0.5, 0.6) is 0 Å². The van der Waals surface area contributed by atoms with Crippen molar-refractivity contribution < 1.29 is 19.1 Å². The summed E-state index contributed by atoms with van der Waals surface area (Å²) >= 11 is 0. The van der Waals surface area contributed by atoms with Gasteiger partial charge in [0.1, 0.15) is 17.7 Å². The summed E-state index contributed by atoms with van der Waals surface area (Å²) in [5, 5.41) is 7.74. The van der Waals surface area contributed by atoms with E-state index in [9.17, 15) is 14.4 Å². The lowest BCUT2D eigenvalue weighted by atomic mass is 9.94. The van der Waals surface area contributed by atoms with Crippen molar-refractivity contribution in [3.63, 3.8) is 0 Å². The van der Waals surface area contributed by atoms with Crippen LogP contribution < -0.4 is 10.6 Å². The Morgan fingerprint density at radius 3 is 2.05 bits per heavy atom. The number of carbonyl (C=O) groups is 3. The normalized spacial score (nSPS) is 13.3. The maximum absolute atomic E-state index is 14.0. The molecule has 3 aromatic rings. The van der Waals surface area contributed by atoms with Crippen LogP contribution in [0.1, 0.15) is 72.6 Å². The van der Waals surface area contributed by atoms with Gasteiger partial charge in [-0.05, 0) is 88.9 Å². The molecule has 0 fully saturated rings. The van der Waals surface area contributed by atoms with E-state index in [1.165, 1.54) is 0 Å². The number of carbonyl (C=O) groups excluding carboxylic acids is 3. The van der Waals surface area contributed by atoms with Gasteiger partial charge < -0.3 is 20.3 Å². The van der Waals surface area contributed by atoms with Gasteiger partial charge in [0.05, 0.1) is 0 Å². The highest BCUT2D eigenvalue weighted by Gasteiger charge is 2.40. The molecule has 0 aliphatic rings. The Kier molecular flexibility index (Phi) is 9.05. The molecule has 208 valence electrons. The van der Waals surface area contributed by atoms with Crippen LogP contribution in [0, 0.1) is 0 Å². The monoisotopic (exact) mass is 531 g/mol. The lowest BCUT2D eigenvalue weighted by Crippen LogP contribution is -2.57. The van der Waals surface area contributed by atoms with E-state index in [0.717, 1.165) is 22.8 Å². The van der Waals surface area contributed by atoms with Gasteiger partial charge in [0.15, 0.2) is 0 Å². The lowest BCUT2D eigenvalue weighted by Gasteiger charge is -2.42. The van der Waals surface area contributed by atoms with E-state index >= 15 is 0 Å². The van der Waals surface area contributed by atoms with Crippen LogP contribution in [0.25, 0.3) is 10.8 Å². The van der Waals surface area contributed by atoms with Crippen molar-refractivity contribution in [3.05, 3.63) is 77.9 Å². The maximum Gasteiger partial charge on any atom is 0.408 e. The Labute approximate surface area is 231 Å². The highest BCUT2D eigenvalue weighted by molar-refractivity contribution is 6.00. The van der Waals surface area contributed by atoms with Crippen LogP contribution in [0.15, 0.2) is 66.7 Å². The quantitative estimate of drug-likeness (QED) is 0.359. The van der Waals surface area contributed by atoms with Crippen molar-refractivity contribution in [2.45, 2.75) is 85.0 Å². The van der Waals surface area contributed by atoms with Crippen LogP contribution >= 0.6 is 0 Å². The Morgan fingerprint density at radius 1 is 0.872 bits per heavy atom. The molecule has 3 aromatic carbocycles. The molecular weight excluding hydrogens is 490 g/mol. The highest BCUT2D eigenvalue weighted by atomic mass is 16.6. The zero-order chi connectivity index (χ0) is 29.0. The molecule has 0 saturated carbocycles. The molecule has 0 bridgehead atoms. The molecule has 2 unspecified atom stereocenters. The molecular formula is C32H41N3O4. The summed E-state index contributed by atoms with van der Waals surface area (Å²) in [6.07, 6.45) is 0.161. The van der Waals surface area contributed by atoms with E-state index in [2.05, 4.69) is 17.6 Å². The number of alkyl carbamates (subject to hydrolysis) is 1. The Morgan fingerprint density at radius 2 is 1.49 bits per heavy atom. The summed E-state index contributed by atoms with van der Waals surface area (Å²) in [5.41, 5.74) is 0.977. The number of ether oxygens (including phenoxy) is 1. The van der Waals surface area contributed by atoms with Gasteiger partial charge in [0.25, 0.3) is 5.91 Å². The first-order valence-corrected chi connectivity index (χ1v) is 13.4. The minimum absolute atomic E-state index is 0.345. The molecule has 39 heavy (non-hydrogen) atoms. The third kappa shape index (κ3) is 7.82. The average molecular weight is 532 g/mol. The first-order valence-electron chi connectivity index (χ1n) is 13.4. The van der Waals surface area contributed by atoms with Gasteiger partial charge in [-0.1, -0.05) is 61.5 Å². The predicted molar refractivity (Wildman–Crippen MR) is 157 cm³/mol. The number of hydrogen-bond acceptors (Lipinski definition) is 4. The van der Waals surface area contributed by atoms with Crippen LogP contribution in [-0.2, 0) is 20.7 Å². The molecule has 3 rings (SSSR count). The lowest BCUT2D eigenvalue weighted by molar-refractivity contribution is -0.146. The summed E-state index contributed by atoms with van der Waals surface area (Å²) in [7, 11) is 0. The third-order valence-corrected chi connectivity index (χ3v) is 6.29. The minimum atomic E-state index is -0.947. The zero-order valence-corrected chi connectivity index (χ0v) is 24.3. The third-order valence-electron chi connectivity index (χ3n) is 6.29. The fraction of sp³-hybridized carbons (Fsp3) is 0.406. The minimum Gasteiger partial charge on any atom is -0.444 e. The number of nitrogens with one attached hydrogen (secondary N) is 2. The molecule has 0 radical (unpaired) electrons. The first-order chi connectivity index (χ1) is 18.2. The van der Waals surface area contributed by atoms with Crippen LogP contribution in [0.4, 0.5) is 10.5 Å². The standard InChI is InChI=1S/C32H41N3O4/c1-9-22-14-16-24(17-15-22)27(28(36)34-26-19-18-23-12-10-11-13-25(23)20-26)35(31(3,4)5)29(37)21(2)33-30(38)39-32(6,7)8/h10-21,27H,9H2,1-8H3,(H,33,38)(H,34,36). The molecule has 2 atom stereocenters. The summed E-state index contributed by atoms with van der Waals surface area (Å²) in [6.45, 7) is 14.6. The van der Waals surface area contributed by atoms with Crippen molar-refractivity contribution in [2.75, 3.05) is 5.32 Å². The van der Waals surface area contributed by atoms with Crippen molar-refractivity contribution in [2.24, 2.45) is 0 Å². The van der Waals surface area contributed by atoms with Crippen LogP contribution in [0.3, 0.4) is 0 Å². The number of rotatable bonds is 7. The van der Waals surface area contributed by atoms with Crippen LogP contribution in [-0.4, -0.2) is 40.0 Å². The van der Waals surface area contributed by atoms with E-state index in [0.29, 0.717) is 11.3 Å². The summed E-state index contributed by atoms with van der Waals surface area (Å²) in [4.78, 5) is 42.0. The molecule has 0 aliphatic heterocycles. The maximum atomic E-state index is 14.0. The van der Waals surface area contributed by atoms with Gasteiger partial charge in [-0.2, -0.15) is 0 Å². The number of aryl methyl sites for hydroxylation is 1. The molecule has 7 heteroatoms. The second-order valence-corrected chi connectivity index (χ2v) is 11.8. The fourth-order valence-electron chi connectivity index (χ4n) is 4.43. The number of nitrogens with zero attached hydrogens (tertiary/aromatic N) is 1. The number of hydrogen-bond donors (Lipinski definition) is 2. The average Bonchev–Trinajstić information content (AvgIpc) is 2.84. The zero-order valence-electron chi connectivity index (χ0n) is 24.3. The molecule has 3 amide bonds. The molecule has 0 saturated heterocycles. The molecule has 0 heterocycles. The Balaban J connectivity index is 2.00. The molecule has 2 N–H and O–H groups in total. The van der Waals surface area contributed by atoms with Gasteiger partial charge in [-0.25, -0.2) is 4.79 Å². The van der Waals surface area contributed by atoms with E-state index < -0.39 is 35.2 Å². The Bertz CT molecular complexity index is 1320. The smallest absolute Gasteiger partial charge is 0.408 e. The summed E-state index contributed by atoms with van der Waals surface area (Å²) in [6, 6.07) is 19.5. The van der Waals surface area contributed by atoms with Gasteiger partial charge in [0, 0.05) is 11.2 Å². The van der Waals surface area contributed by atoms with Gasteiger partial charge in [0.2, 0.25) is 5.91 Å². The largest absolute Gasteiger partial charge is 0.444 e. The van der Waals surface area contributed by atoms with E-state index in [-0.39, 0.29) is 5.91 Å². The number of benzene rings is 3. The summed E-state index contributed by atoms with van der Waals surface area (Å²) < 4.78 is 5.36. The van der Waals surface area contributed by atoms with Crippen molar-refractivity contribution >= 4 is 34.4 Å². The van der Waals surface area contributed by atoms with Crippen molar-refractivity contribution in [3.8, 4) is 0 Å². The number of amides is 3. The van der Waals surface area contributed by atoms with E-state index in [1.807, 2.05) is 87.5 Å². The van der Waals surface area contributed by atoms with Gasteiger partial charge >= 0.3 is 6.09 Å².